The van der Waals surface area contributed by atoms with Crippen molar-refractivity contribution in [3.05, 3.63) is 53.5 Å². The van der Waals surface area contributed by atoms with Crippen LogP contribution in [-0.2, 0) is 0 Å². The van der Waals surface area contributed by atoms with Gasteiger partial charge in [0.2, 0.25) is 0 Å². The lowest BCUT2D eigenvalue weighted by atomic mass is 10.0. The molecule has 6 rings (SSSR count). The monoisotopic (exact) mass is 507 g/mol. The van der Waals surface area contributed by atoms with Crippen molar-refractivity contribution in [1.29, 1.82) is 0 Å². The molecule has 0 radical (unpaired) electrons. The summed E-state index contributed by atoms with van der Waals surface area (Å²) in [5.41, 5.74) is 3.47. The van der Waals surface area contributed by atoms with Crippen LogP contribution in [0, 0.1) is 5.82 Å². The highest BCUT2D eigenvalue weighted by Gasteiger charge is 2.23. The largest absolute Gasteiger partial charge is 0.496 e. The number of amides is 1. The zero-order valence-corrected chi connectivity index (χ0v) is 21.3. The number of ether oxygens (including phenoxy) is 1. The second kappa shape index (κ2) is 9.46. The highest BCUT2D eigenvalue weighted by molar-refractivity contribution is 7.23. The van der Waals surface area contributed by atoms with E-state index in [9.17, 15) is 4.79 Å². The van der Waals surface area contributed by atoms with Gasteiger partial charge in [-0.05, 0) is 76.1 Å². The van der Waals surface area contributed by atoms with Crippen molar-refractivity contribution in [2.45, 2.75) is 37.8 Å². The average molecular weight is 508 g/mol. The molecule has 4 heterocycles. The number of carbonyl (C=O) groups excluding carboxylic acids is 1. The molecule has 0 saturated carbocycles. The summed E-state index contributed by atoms with van der Waals surface area (Å²) >= 11 is 1.48. The van der Waals surface area contributed by atoms with Crippen molar-refractivity contribution in [2.24, 2.45) is 0 Å². The van der Waals surface area contributed by atoms with Crippen molar-refractivity contribution in [2.75, 3.05) is 33.8 Å². The van der Waals surface area contributed by atoms with E-state index in [2.05, 4.69) is 22.6 Å². The first-order valence-corrected chi connectivity index (χ1v) is 13.3. The van der Waals surface area contributed by atoms with E-state index in [1.165, 1.54) is 11.3 Å². The van der Waals surface area contributed by atoms with Crippen LogP contribution < -0.4 is 15.4 Å². The summed E-state index contributed by atoms with van der Waals surface area (Å²) in [6.07, 6.45) is 5.89. The number of piperidine rings is 1. The Morgan fingerprint density at radius 2 is 2.06 bits per heavy atom. The molecule has 2 aromatic carbocycles. The predicted octanol–water partition coefficient (Wildman–Crippen LogP) is 4.61. The molecule has 1 unspecified atom stereocenters. The van der Waals surface area contributed by atoms with Crippen molar-refractivity contribution in [3.63, 3.8) is 0 Å². The summed E-state index contributed by atoms with van der Waals surface area (Å²) in [5, 5.41) is 6.59. The molecule has 2 aromatic heterocycles. The van der Waals surface area contributed by atoms with Crippen LogP contribution in [0.1, 0.15) is 47.6 Å². The summed E-state index contributed by atoms with van der Waals surface area (Å²) < 4.78 is 23.6. The van der Waals surface area contributed by atoms with Crippen LogP contribution in [0.4, 0.5) is 4.39 Å². The predicted molar refractivity (Wildman–Crippen MR) is 140 cm³/mol. The number of fused-ring (bicyclic) bond motifs is 3. The zero-order valence-electron chi connectivity index (χ0n) is 20.5. The van der Waals surface area contributed by atoms with Gasteiger partial charge in [-0.3, -0.25) is 9.20 Å². The normalized spacial score (nSPS) is 19.4. The quantitative estimate of drug-likeness (QED) is 0.413. The maximum atomic E-state index is 15.1. The van der Waals surface area contributed by atoms with E-state index in [-0.39, 0.29) is 23.8 Å². The lowest BCUT2D eigenvalue weighted by Crippen LogP contribution is -2.43. The summed E-state index contributed by atoms with van der Waals surface area (Å²) in [6.45, 7) is 2.93. The molecule has 1 amide bonds. The molecule has 0 bridgehead atoms. The van der Waals surface area contributed by atoms with Gasteiger partial charge in [-0.1, -0.05) is 17.4 Å². The van der Waals surface area contributed by atoms with Gasteiger partial charge in [0.25, 0.3) is 5.91 Å². The molecule has 4 aromatic rings. The second-order valence-corrected chi connectivity index (χ2v) is 10.8. The number of aromatic nitrogens is 2. The van der Waals surface area contributed by atoms with Crippen LogP contribution in [0.2, 0.25) is 0 Å². The fraction of sp³-hybridized carbons (Fsp3) is 0.407. The Labute approximate surface area is 213 Å². The van der Waals surface area contributed by atoms with Crippen LogP contribution in [0.15, 0.2) is 36.5 Å². The van der Waals surface area contributed by atoms with Gasteiger partial charge in [0.1, 0.15) is 11.6 Å². The first-order chi connectivity index (χ1) is 17.5. The summed E-state index contributed by atoms with van der Waals surface area (Å²) in [6, 6.07) is 9.59. The minimum Gasteiger partial charge on any atom is -0.496 e. The van der Waals surface area contributed by atoms with Gasteiger partial charge in [0.05, 0.1) is 28.6 Å². The molecule has 2 saturated heterocycles. The maximum absolute atomic E-state index is 15.1. The van der Waals surface area contributed by atoms with Gasteiger partial charge < -0.3 is 20.3 Å². The number of hydrogen-bond donors (Lipinski definition) is 2. The number of imidazole rings is 1. The van der Waals surface area contributed by atoms with Crippen LogP contribution in [-0.4, -0.2) is 60.0 Å². The number of rotatable bonds is 5. The maximum Gasteiger partial charge on any atom is 0.255 e. The molecule has 0 aliphatic carbocycles. The standard InChI is InChI=1S/C27H30FN5O2S/c1-32-10-7-17(8-11-32)30-26(34)19-13-25-23(14-24(19)35-2)33-15-22(31-27(33)36-25)18-6-5-16(12-20(18)28)21-4-3-9-29-21/h5-6,12-15,17,21,29H,3-4,7-11H2,1-2H3,(H,30,34). The van der Waals surface area contributed by atoms with Gasteiger partial charge >= 0.3 is 0 Å². The van der Waals surface area contributed by atoms with Crippen molar-refractivity contribution < 1.29 is 13.9 Å². The van der Waals surface area contributed by atoms with Crippen LogP contribution in [0.5, 0.6) is 5.75 Å². The van der Waals surface area contributed by atoms with Gasteiger partial charge in [-0.15, -0.1) is 0 Å². The number of hydrogen-bond acceptors (Lipinski definition) is 6. The van der Waals surface area contributed by atoms with Gasteiger partial charge in [0, 0.05) is 29.9 Å². The fourth-order valence-corrected chi connectivity index (χ4v) is 6.37. The number of likely N-dealkylation sites (tertiary alicyclic amines) is 1. The first-order valence-electron chi connectivity index (χ1n) is 12.5. The first kappa shape index (κ1) is 23.4. The molecule has 0 spiro atoms. The minimum absolute atomic E-state index is 0.117. The van der Waals surface area contributed by atoms with E-state index in [1.807, 2.05) is 34.9 Å². The molecule has 1 atom stereocenters. The Morgan fingerprint density at radius 1 is 1.22 bits per heavy atom. The number of carbonyl (C=O) groups is 1. The summed E-state index contributed by atoms with van der Waals surface area (Å²) in [7, 11) is 3.68. The number of nitrogens with zero attached hydrogens (tertiary/aromatic N) is 3. The van der Waals surface area contributed by atoms with Gasteiger partial charge in [-0.25, -0.2) is 9.37 Å². The Hall–Kier alpha value is -3.01. The Balaban J connectivity index is 1.30. The zero-order chi connectivity index (χ0) is 24.8. The smallest absolute Gasteiger partial charge is 0.255 e. The topological polar surface area (TPSA) is 70.9 Å². The molecule has 9 heteroatoms. The lowest BCUT2D eigenvalue weighted by Gasteiger charge is -2.29. The Morgan fingerprint density at radius 3 is 2.78 bits per heavy atom. The molecule has 2 N–H and O–H groups in total. The van der Waals surface area contributed by atoms with E-state index in [0.717, 1.165) is 66.1 Å². The summed E-state index contributed by atoms with van der Waals surface area (Å²) in [4.78, 5) is 20.8. The Bertz CT molecular complexity index is 1430. The number of methoxy groups -OCH3 is 1. The third-order valence-electron chi connectivity index (χ3n) is 7.45. The SMILES string of the molecule is COc1cc2c(cc1C(=O)NC1CCN(C)CC1)sc1nc(-c3ccc(C4CCCN4)cc3F)cn12. The van der Waals surface area contributed by atoms with Crippen LogP contribution >= 0.6 is 11.3 Å². The number of benzene rings is 2. The molecule has 2 aliphatic heterocycles. The number of nitrogens with one attached hydrogen (secondary N) is 2. The van der Waals surface area contributed by atoms with Crippen LogP contribution in [0.3, 0.4) is 0 Å². The van der Waals surface area contributed by atoms with E-state index in [4.69, 9.17) is 9.72 Å². The third kappa shape index (κ3) is 4.25. The molecule has 2 aliphatic rings. The molecular formula is C27H30FN5O2S. The average Bonchev–Trinajstić information content (AvgIpc) is 3.61. The molecule has 188 valence electrons. The van der Waals surface area contributed by atoms with E-state index in [1.54, 1.807) is 13.2 Å². The number of halogens is 1. The highest BCUT2D eigenvalue weighted by atomic mass is 32.1. The van der Waals surface area contributed by atoms with Crippen LogP contribution in [0.25, 0.3) is 26.4 Å². The van der Waals surface area contributed by atoms with E-state index in [0.29, 0.717) is 22.6 Å². The van der Waals surface area contributed by atoms with Gasteiger partial charge in [0.15, 0.2) is 4.96 Å². The van der Waals surface area contributed by atoms with E-state index >= 15 is 4.39 Å². The molecule has 2 fully saturated rings. The van der Waals surface area contributed by atoms with E-state index < -0.39 is 0 Å². The Kier molecular flexibility index (Phi) is 6.15. The fourth-order valence-electron chi connectivity index (χ4n) is 5.34. The summed E-state index contributed by atoms with van der Waals surface area (Å²) in [5.74, 6) is 0.137. The van der Waals surface area contributed by atoms with Crippen molar-refractivity contribution in [1.82, 2.24) is 24.9 Å². The molecule has 7 nitrogen and oxygen atoms in total. The number of thiazole rings is 1. The van der Waals surface area contributed by atoms with Gasteiger partial charge in [-0.2, -0.15) is 0 Å². The lowest BCUT2D eigenvalue weighted by molar-refractivity contribution is 0.0914. The second-order valence-electron chi connectivity index (χ2n) is 9.84. The van der Waals surface area contributed by atoms with Crippen molar-refractivity contribution in [3.8, 4) is 17.0 Å². The molecule has 36 heavy (non-hydrogen) atoms. The molecular weight excluding hydrogens is 477 g/mol. The minimum atomic E-state index is -0.262. The third-order valence-corrected chi connectivity index (χ3v) is 8.46. The van der Waals surface area contributed by atoms with Crippen molar-refractivity contribution >= 4 is 32.4 Å². The highest BCUT2D eigenvalue weighted by Crippen LogP contribution is 2.35.